The number of amides is 1. The minimum absolute atomic E-state index is 0.241. The van der Waals surface area contributed by atoms with E-state index in [0.717, 1.165) is 38.2 Å². The van der Waals surface area contributed by atoms with E-state index >= 15 is 0 Å². The van der Waals surface area contributed by atoms with Gasteiger partial charge in [0.25, 0.3) is 0 Å². The average Bonchev–Trinajstić information content (AvgIpc) is 3.36. The number of hydrogen-bond donors (Lipinski definition) is 2. The molecule has 0 radical (unpaired) electrons. The number of nitrogens with one attached hydrogen (secondary N) is 2. The van der Waals surface area contributed by atoms with Gasteiger partial charge in [0.1, 0.15) is 5.01 Å². The van der Waals surface area contributed by atoms with Crippen molar-refractivity contribution >= 4 is 51.3 Å². The van der Waals surface area contributed by atoms with Crippen molar-refractivity contribution < 1.29 is 4.79 Å². The lowest BCUT2D eigenvalue weighted by atomic mass is 10.0. The number of anilines is 1. The molecular weight excluding hydrogens is 452 g/mol. The summed E-state index contributed by atoms with van der Waals surface area (Å²) in [5.41, 5.74) is 5.00. The third kappa shape index (κ3) is 5.32. The molecule has 0 fully saturated rings. The maximum Gasteiger partial charge on any atom is 0.250 e. The van der Waals surface area contributed by atoms with Crippen molar-refractivity contribution in [3.8, 4) is 10.6 Å². The third-order valence-electron chi connectivity index (χ3n) is 5.14. The van der Waals surface area contributed by atoms with E-state index in [1.165, 1.54) is 23.0 Å². The van der Waals surface area contributed by atoms with Crippen LogP contribution in [-0.2, 0) is 4.79 Å². The topological polar surface area (TPSA) is 84.2 Å². The van der Waals surface area contributed by atoms with Crippen LogP contribution < -0.4 is 10.6 Å². The number of thiocarbonyl (C=S) groups is 1. The standard InChI is InChI=1S/C24H24N6OS2/c1-14(2)18-8-5-17(6-9-18)7-12-21(31)26-23(32)25-20-11-10-19(13-15(20)3)22-29-30-16(4)27-28-24(30)33-22/h5-14H,1-4H3,(H2,25,26,31,32)/b12-7+. The number of hydrogen-bond acceptors (Lipinski definition) is 6. The molecule has 0 atom stereocenters. The number of aromatic nitrogens is 4. The molecule has 4 aromatic rings. The predicted octanol–water partition coefficient (Wildman–Crippen LogP) is 5.12. The van der Waals surface area contributed by atoms with Gasteiger partial charge in [0.15, 0.2) is 10.9 Å². The normalized spacial score (nSPS) is 11.4. The average molecular weight is 477 g/mol. The Labute approximate surface area is 201 Å². The van der Waals surface area contributed by atoms with E-state index in [9.17, 15) is 4.79 Å². The summed E-state index contributed by atoms with van der Waals surface area (Å²) >= 11 is 6.80. The molecule has 0 unspecified atom stereocenters. The summed E-state index contributed by atoms with van der Waals surface area (Å²) in [7, 11) is 0. The fourth-order valence-corrected chi connectivity index (χ4v) is 4.33. The predicted molar refractivity (Wildman–Crippen MR) is 137 cm³/mol. The van der Waals surface area contributed by atoms with Crippen LogP contribution in [0.2, 0.25) is 0 Å². The van der Waals surface area contributed by atoms with Crippen LogP contribution in [0.15, 0.2) is 48.5 Å². The molecule has 0 aliphatic heterocycles. The second-order valence-electron chi connectivity index (χ2n) is 7.98. The Bertz CT molecular complexity index is 1350. The van der Waals surface area contributed by atoms with Gasteiger partial charge in [0.2, 0.25) is 10.9 Å². The molecule has 0 saturated heterocycles. The molecule has 168 valence electrons. The second-order valence-corrected chi connectivity index (χ2v) is 9.34. The first-order valence-corrected chi connectivity index (χ1v) is 11.7. The summed E-state index contributed by atoms with van der Waals surface area (Å²) < 4.78 is 1.73. The van der Waals surface area contributed by atoms with Gasteiger partial charge in [-0.2, -0.15) is 9.61 Å². The highest BCUT2D eigenvalue weighted by atomic mass is 32.1. The van der Waals surface area contributed by atoms with Crippen LogP contribution in [0.3, 0.4) is 0 Å². The minimum Gasteiger partial charge on any atom is -0.332 e. The highest BCUT2D eigenvalue weighted by Gasteiger charge is 2.12. The first-order chi connectivity index (χ1) is 15.8. The molecular formula is C24H24N6OS2. The highest BCUT2D eigenvalue weighted by Crippen LogP contribution is 2.28. The van der Waals surface area contributed by atoms with Gasteiger partial charge in [0.05, 0.1) is 0 Å². The van der Waals surface area contributed by atoms with E-state index in [2.05, 4.69) is 51.9 Å². The van der Waals surface area contributed by atoms with E-state index in [1.54, 1.807) is 10.6 Å². The van der Waals surface area contributed by atoms with Gasteiger partial charge in [-0.3, -0.25) is 10.1 Å². The SMILES string of the molecule is Cc1cc(-c2nn3c(C)nnc3s2)ccc1NC(=S)NC(=O)/C=C/c1ccc(C(C)C)cc1. The smallest absolute Gasteiger partial charge is 0.250 e. The molecule has 33 heavy (non-hydrogen) atoms. The van der Waals surface area contributed by atoms with Crippen LogP contribution in [0.25, 0.3) is 21.6 Å². The quantitative estimate of drug-likeness (QED) is 0.307. The molecule has 0 spiro atoms. The Kier molecular flexibility index (Phi) is 6.62. The van der Waals surface area contributed by atoms with Gasteiger partial charge in [-0.15, -0.1) is 10.2 Å². The monoisotopic (exact) mass is 476 g/mol. The zero-order chi connectivity index (χ0) is 23.5. The summed E-state index contributed by atoms with van der Waals surface area (Å²) in [6.07, 6.45) is 3.24. The van der Waals surface area contributed by atoms with E-state index in [4.69, 9.17) is 12.2 Å². The maximum atomic E-state index is 12.3. The molecule has 4 rings (SSSR count). The fraction of sp³-hybridized carbons (Fsp3) is 0.208. The summed E-state index contributed by atoms with van der Waals surface area (Å²) in [6.45, 7) is 8.15. The van der Waals surface area contributed by atoms with Crippen molar-refractivity contribution in [3.63, 3.8) is 0 Å². The number of carbonyl (C=O) groups is 1. The molecule has 0 aliphatic rings. The minimum atomic E-state index is -0.287. The molecule has 2 heterocycles. The lowest BCUT2D eigenvalue weighted by Gasteiger charge is -2.11. The van der Waals surface area contributed by atoms with E-state index in [1.807, 2.05) is 44.2 Å². The highest BCUT2D eigenvalue weighted by molar-refractivity contribution is 7.80. The number of carbonyl (C=O) groups excluding carboxylic acids is 1. The lowest BCUT2D eigenvalue weighted by Crippen LogP contribution is -2.33. The first-order valence-electron chi connectivity index (χ1n) is 10.5. The van der Waals surface area contributed by atoms with Crippen molar-refractivity contribution in [3.05, 3.63) is 71.1 Å². The van der Waals surface area contributed by atoms with Gasteiger partial charge in [0, 0.05) is 17.3 Å². The summed E-state index contributed by atoms with van der Waals surface area (Å²) in [5, 5.41) is 19.6. The molecule has 2 aromatic heterocycles. The Morgan fingerprint density at radius 3 is 2.55 bits per heavy atom. The van der Waals surface area contributed by atoms with E-state index in [0.29, 0.717) is 5.92 Å². The maximum absolute atomic E-state index is 12.3. The van der Waals surface area contributed by atoms with E-state index in [-0.39, 0.29) is 11.0 Å². The zero-order valence-corrected chi connectivity index (χ0v) is 20.4. The van der Waals surface area contributed by atoms with Gasteiger partial charge in [-0.25, -0.2) is 0 Å². The molecule has 1 amide bonds. The van der Waals surface area contributed by atoms with Crippen molar-refractivity contribution in [1.82, 2.24) is 25.1 Å². The third-order valence-corrected chi connectivity index (χ3v) is 6.29. The van der Waals surface area contributed by atoms with Crippen LogP contribution in [-0.4, -0.2) is 30.8 Å². The Morgan fingerprint density at radius 2 is 1.88 bits per heavy atom. The van der Waals surface area contributed by atoms with Gasteiger partial charge in [-0.1, -0.05) is 49.4 Å². The first kappa shape index (κ1) is 22.8. The van der Waals surface area contributed by atoms with Crippen LogP contribution in [0.5, 0.6) is 0 Å². The molecule has 2 N–H and O–H groups in total. The van der Waals surface area contributed by atoms with Crippen LogP contribution in [0.4, 0.5) is 5.69 Å². The molecule has 0 bridgehead atoms. The molecule has 0 saturated carbocycles. The van der Waals surface area contributed by atoms with Gasteiger partial charge >= 0.3 is 0 Å². The van der Waals surface area contributed by atoms with Crippen LogP contribution in [0, 0.1) is 13.8 Å². The number of rotatable bonds is 5. The second kappa shape index (κ2) is 9.60. The number of benzene rings is 2. The fourth-order valence-electron chi connectivity index (χ4n) is 3.24. The Hall–Kier alpha value is -3.43. The van der Waals surface area contributed by atoms with E-state index < -0.39 is 0 Å². The molecule has 2 aromatic carbocycles. The van der Waals surface area contributed by atoms with Crippen LogP contribution in [0.1, 0.15) is 42.3 Å². The van der Waals surface area contributed by atoms with Crippen molar-refractivity contribution in [2.75, 3.05) is 5.32 Å². The zero-order valence-electron chi connectivity index (χ0n) is 18.8. The Balaban J connectivity index is 1.37. The van der Waals surface area contributed by atoms with Crippen molar-refractivity contribution in [2.45, 2.75) is 33.6 Å². The summed E-state index contributed by atoms with van der Waals surface area (Å²) in [6, 6.07) is 14.0. The van der Waals surface area contributed by atoms with Crippen molar-refractivity contribution in [1.29, 1.82) is 0 Å². The lowest BCUT2D eigenvalue weighted by molar-refractivity contribution is -0.115. The summed E-state index contributed by atoms with van der Waals surface area (Å²) in [5.74, 6) is 0.942. The number of aryl methyl sites for hydroxylation is 2. The molecule has 9 heteroatoms. The summed E-state index contributed by atoms with van der Waals surface area (Å²) in [4.78, 5) is 13.0. The molecule has 0 aliphatic carbocycles. The largest absolute Gasteiger partial charge is 0.332 e. The van der Waals surface area contributed by atoms with Gasteiger partial charge in [-0.05, 0) is 72.9 Å². The van der Waals surface area contributed by atoms with Crippen molar-refractivity contribution in [2.24, 2.45) is 0 Å². The number of fused-ring (bicyclic) bond motifs is 1. The Morgan fingerprint density at radius 1 is 1.12 bits per heavy atom. The number of nitrogens with zero attached hydrogens (tertiary/aromatic N) is 4. The molecule has 7 nitrogen and oxygen atoms in total. The van der Waals surface area contributed by atoms with Crippen LogP contribution >= 0.6 is 23.6 Å². The van der Waals surface area contributed by atoms with Gasteiger partial charge < -0.3 is 5.32 Å².